The molecule has 4 nitrogen and oxygen atoms in total. The highest BCUT2D eigenvalue weighted by molar-refractivity contribution is 6.30. The Balaban J connectivity index is 1.76. The van der Waals surface area contributed by atoms with Crippen LogP contribution in [-0.2, 0) is 9.53 Å². The summed E-state index contributed by atoms with van der Waals surface area (Å²) >= 11 is 5.94. The first kappa shape index (κ1) is 15.3. The van der Waals surface area contributed by atoms with Crippen LogP contribution < -0.4 is 10.6 Å². The molecule has 0 radical (unpaired) electrons. The van der Waals surface area contributed by atoms with Crippen molar-refractivity contribution in [1.82, 2.24) is 10.6 Å². The van der Waals surface area contributed by atoms with Crippen LogP contribution in [0.1, 0.15) is 31.4 Å². The van der Waals surface area contributed by atoms with Crippen molar-refractivity contribution in [3.8, 4) is 0 Å². The summed E-state index contributed by atoms with van der Waals surface area (Å²) in [4.78, 5) is 11.9. The maximum absolute atomic E-state index is 11.9. The van der Waals surface area contributed by atoms with E-state index in [0.717, 1.165) is 31.5 Å². The molecule has 1 saturated heterocycles. The Kier molecular flexibility index (Phi) is 5.83. The van der Waals surface area contributed by atoms with Gasteiger partial charge in [-0.25, -0.2) is 0 Å². The van der Waals surface area contributed by atoms with Crippen LogP contribution in [0.2, 0.25) is 5.02 Å². The van der Waals surface area contributed by atoms with Crippen molar-refractivity contribution < 1.29 is 9.53 Å². The topological polar surface area (TPSA) is 50.4 Å². The van der Waals surface area contributed by atoms with Gasteiger partial charge in [0.1, 0.15) is 6.61 Å². The summed E-state index contributed by atoms with van der Waals surface area (Å²) in [6.45, 7) is 3.99. The second-order valence-corrected chi connectivity index (χ2v) is 5.54. The van der Waals surface area contributed by atoms with E-state index in [9.17, 15) is 4.79 Å². The minimum absolute atomic E-state index is 0.0715. The van der Waals surface area contributed by atoms with Gasteiger partial charge >= 0.3 is 0 Å². The molecule has 0 aliphatic carbocycles. The van der Waals surface area contributed by atoms with Gasteiger partial charge in [-0.05, 0) is 50.6 Å². The van der Waals surface area contributed by atoms with Gasteiger partial charge in [-0.3, -0.25) is 4.79 Å². The zero-order chi connectivity index (χ0) is 14.4. The second kappa shape index (κ2) is 7.62. The molecule has 1 aliphatic heterocycles. The van der Waals surface area contributed by atoms with Crippen molar-refractivity contribution in [3.05, 3.63) is 34.9 Å². The quantitative estimate of drug-likeness (QED) is 0.876. The molecule has 1 aromatic rings. The predicted molar refractivity (Wildman–Crippen MR) is 79.9 cm³/mol. The fourth-order valence-electron chi connectivity index (χ4n) is 2.30. The fourth-order valence-corrected chi connectivity index (χ4v) is 2.50. The lowest BCUT2D eigenvalue weighted by molar-refractivity contribution is -0.128. The third-order valence-electron chi connectivity index (χ3n) is 3.46. The van der Waals surface area contributed by atoms with E-state index in [1.807, 2.05) is 31.2 Å². The second-order valence-electron chi connectivity index (χ2n) is 5.10. The maximum Gasteiger partial charge on any atom is 0.246 e. The molecule has 1 aromatic carbocycles. The molecule has 0 spiro atoms. The lowest BCUT2D eigenvalue weighted by atomic mass is 10.1. The standard InChI is InChI=1S/C15H21ClN2O2/c1-11(12-3-2-4-13(16)9-12)18-15(19)10-20-14-5-7-17-8-6-14/h2-4,9,11,14,17H,5-8,10H2,1H3,(H,18,19)/t11-/m1/s1. The van der Waals surface area contributed by atoms with Crippen LogP contribution in [0.4, 0.5) is 0 Å². The minimum Gasteiger partial charge on any atom is -0.368 e. The molecule has 1 fully saturated rings. The zero-order valence-corrected chi connectivity index (χ0v) is 12.5. The first-order chi connectivity index (χ1) is 9.65. The molecule has 0 unspecified atom stereocenters. The van der Waals surface area contributed by atoms with E-state index in [2.05, 4.69) is 10.6 Å². The van der Waals surface area contributed by atoms with Crippen LogP contribution >= 0.6 is 11.6 Å². The molecular formula is C15H21ClN2O2. The SMILES string of the molecule is C[C@@H](NC(=O)COC1CCNCC1)c1cccc(Cl)c1. The normalized spacial score (nSPS) is 17.7. The van der Waals surface area contributed by atoms with Crippen molar-refractivity contribution in [2.75, 3.05) is 19.7 Å². The van der Waals surface area contributed by atoms with E-state index >= 15 is 0 Å². The Morgan fingerprint density at radius 2 is 2.25 bits per heavy atom. The summed E-state index contributed by atoms with van der Waals surface area (Å²) < 4.78 is 5.63. The van der Waals surface area contributed by atoms with Gasteiger partial charge in [-0.1, -0.05) is 23.7 Å². The van der Waals surface area contributed by atoms with Gasteiger partial charge in [0, 0.05) is 5.02 Å². The van der Waals surface area contributed by atoms with Crippen LogP contribution in [-0.4, -0.2) is 31.7 Å². The summed E-state index contributed by atoms with van der Waals surface area (Å²) in [5, 5.41) is 6.87. The fraction of sp³-hybridized carbons (Fsp3) is 0.533. The Morgan fingerprint density at radius 1 is 1.50 bits per heavy atom. The van der Waals surface area contributed by atoms with Crippen LogP contribution in [0, 0.1) is 0 Å². The van der Waals surface area contributed by atoms with Crippen LogP contribution in [0.5, 0.6) is 0 Å². The van der Waals surface area contributed by atoms with Crippen LogP contribution in [0.15, 0.2) is 24.3 Å². The first-order valence-corrected chi connectivity index (χ1v) is 7.40. The number of amides is 1. The lowest BCUT2D eigenvalue weighted by Gasteiger charge is -2.23. The van der Waals surface area contributed by atoms with Gasteiger partial charge in [0.05, 0.1) is 12.1 Å². The Hall–Kier alpha value is -1.10. The van der Waals surface area contributed by atoms with E-state index in [-0.39, 0.29) is 24.7 Å². The monoisotopic (exact) mass is 296 g/mol. The molecule has 1 amide bonds. The molecule has 2 rings (SSSR count). The smallest absolute Gasteiger partial charge is 0.246 e. The van der Waals surface area contributed by atoms with Gasteiger partial charge in [-0.2, -0.15) is 0 Å². The van der Waals surface area contributed by atoms with E-state index in [4.69, 9.17) is 16.3 Å². The number of piperidine rings is 1. The van der Waals surface area contributed by atoms with Crippen molar-refractivity contribution in [2.24, 2.45) is 0 Å². The van der Waals surface area contributed by atoms with Crippen LogP contribution in [0.25, 0.3) is 0 Å². The third-order valence-corrected chi connectivity index (χ3v) is 3.70. The number of benzene rings is 1. The molecule has 0 aromatic heterocycles. The average molecular weight is 297 g/mol. The maximum atomic E-state index is 11.9. The minimum atomic E-state index is -0.0870. The molecule has 0 saturated carbocycles. The average Bonchev–Trinajstić information content (AvgIpc) is 2.46. The van der Waals surface area contributed by atoms with Gasteiger partial charge in [0.25, 0.3) is 0 Å². The van der Waals surface area contributed by atoms with Gasteiger partial charge in [0.15, 0.2) is 0 Å². The summed E-state index contributed by atoms with van der Waals surface area (Å²) in [6.07, 6.45) is 2.14. The van der Waals surface area contributed by atoms with E-state index < -0.39 is 0 Å². The summed E-state index contributed by atoms with van der Waals surface area (Å²) in [5.74, 6) is -0.0870. The molecule has 1 atom stereocenters. The number of carbonyl (C=O) groups excluding carboxylic acids is 1. The number of nitrogens with one attached hydrogen (secondary N) is 2. The highest BCUT2D eigenvalue weighted by atomic mass is 35.5. The molecular weight excluding hydrogens is 276 g/mol. The number of rotatable bonds is 5. The molecule has 110 valence electrons. The zero-order valence-electron chi connectivity index (χ0n) is 11.7. The number of carbonyl (C=O) groups is 1. The van der Waals surface area contributed by atoms with Crippen molar-refractivity contribution in [1.29, 1.82) is 0 Å². The van der Waals surface area contributed by atoms with Crippen molar-refractivity contribution >= 4 is 17.5 Å². The van der Waals surface area contributed by atoms with E-state index in [1.165, 1.54) is 0 Å². The highest BCUT2D eigenvalue weighted by Gasteiger charge is 2.16. The number of halogens is 1. The van der Waals surface area contributed by atoms with E-state index in [1.54, 1.807) is 0 Å². The Labute approximate surface area is 124 Å². The van der Waals surface area contributed by atoms with Gasteiger partial charge < -0.3 is 15.4 Å². The van der Waals surface area contributed by atoms with Gasteiger partial charge in [0.2, 0.25) is 5.91 Å². The first-order valence-electron chi connectivity index (χ1n) is 7.02. The molecule has 1 heterocycles. The molecule has 1 aliphatic rings. The largest absolute Gasteiger partial charge is 0.368 e. The highest BCUT2D eigenvalue weighted by Crippen LogP contribution is 2.17. The molecule has 5 heteroatoms. The number of hydrogen-bond donors (Lipinski definition) is 2. The molecule has 20 heavy (non-hydrogen) atoms. The van der Waals surface area contributed by atoms with Crippen molar-refractivity contribution in [3.63, 3.8) is 0 Å². The molecule has 0 bridgehead atoms. The van der Waals surface area contributed by atoms with Gasteiger partial charge in [-0.15, -0.1) is 0 Å². The van der Waals surface area contributed by atoms with Crippen molar-refractivity contribution in [2.45, 2.75) is 31.9 Å². The Morgan fingerprint density at radius 3 is 2.95 bits per heavy atom. The number of hydrogen-bond acceptors (Lipinski definition) is 3. The summed E-state index contributed by atoms with van der Waals surface area (Å²) in [7, 11) is 0. The summed E-state index contributed by atoms with van der Waals surface area (Å²) in [6, 6.07) is 7.44. The Bertz CT molecular complexity index is 447. The van der Waals surface area contributed by atoms with E-state index in [0.29, 0.717) is 5.02 Å². The van der Waals surface area contributed by atoms with Crippen LogP contribution in [0.3, 0.4) is 0 Å². The third kappa shape index (κ3) is 4.78. The predicted octanol–water partition coefficient (Wildman–Crippen LogP) is 2.29. The summed E-state index contributed by atoms with van der Waals surface area (Å²) in [5.41, 5.74) is 0.993. The lowest BCUT2D eigenvalue weighted by Crippen LogP contribution is -2.36. The molecule has 2 N–H and O–H groups in total. The number of ether oxygens (including phenoxy) is 1.